The number of benzene rings is 1. The summed E-state index contributed by atoms with van der Waals surface area (Å²) in [6.45, 7) is 1.81. The van der Waals surface area contributed by atoms with Gasteiger partial charge in [0.2, 0.25) is 0 Å². The van der Waals surface area contributed by atoms with Crippen molar-refractivity contribution < 1.29 is 9.50 Å². The molecule has 0 spiro atoms. The molecule has 6 nitrogen and oxygen atoms in total. The molecule has 1 atom stereocenters. The zero-order valence-corrected chi connectivity index (χ0v) is 16.2. The lowest BCUT2D eigenvalue weighted by molar-refractivity contribution is 0.211. The smallest absolute Gasteiger partial charge is 0.168 e. The monoisotopic (exact) mass is 429 g/mol. The predicted octanol–water partition coefficient (Wildman–Crippen LogP) is 3.96. The molecule has 3 aromatic rings. The highest BCUT2D eigenvalue weighted by molar-refractivity contribution is 9.10. The maximum Gasteiger partial charge on any atom is 0.168 e. The van der Waals surface area contributed by atoms with Gasteiger partial charge in [-0.25, -0.2) is 9.07 Å². The molecule has 1 N–H and O–H groups in total. The molecule has 0 bridgehead atoms. The summed E-state index contributed by atoms with van der Waals surface area (Å²) in [5.74, 6) is -0.370. The molecule has 0 amide bonds. The minimum atomic E-state index is -1.08. The Morgan fingerprint density at radius 3 is 2.74 bits per heavy atom. The first kappa shape index (κ1) is 17.9. The Labute approximate surface area is 164 Å². The van der Waals surface area contributed by atoms with E-state index in [0.717, 1.165) is 19.3 Å². The van der Waals surface area contributed by atoms with E-state index in [0.29, 0.717) is 27.1 Å². The molecule has 138 valence electrons. The van der Waals surface area contributed by atoms with Crippen LogP contribution >= 0.6 is 15.9 Å². The number of aliphatic hydroxyl groups is 1. The maximum atomic E-state index is 13.5. The van der Waals surface area contributed by atoms with Crippen molar-refractivity contribution in [2.75, 3.05) is 0 Å². The lowest BCUT2D eigenvalue weighted by Crippen LogP contribution is -2.17. The van der Waals surface area contributed by atoms with Gasteiger partial charge in [-0.2, -0.15) is 15.5 Å². The minimum absolute atomic E-state index is 0.206. The van der Waals surface area contributed by atoms with E-state index >= 15 is 0 Å². The molecule has 1 aromatic carbocycles. The molecule has 27 heavy (non-hydrogen) atoms. The van der Waals surface area contributed by atoms with Crippen molar-refractivity contribution in [1.29, 1.82) is 5.26 Å². The van der Waals surface area contributed by atoms with E-state index in [1.54, 1.807) is 27.7 Å². The molecule has 4 rings (SSSR count). The fourth-order valence-electron chi connectivity index (χ4n) is 3.25. The van der Waals surface area contributed by atoms with E-state index < -0.39 is 6.10 Å². The van der Waals surface area contributed by atoms with Crippen LogP contribution in [0, 0.1) is 24.1 Å². The highest BCUT2D eigenvalue weighted by Gasteiger charge is 2.27. The zero-order chi connectivity index (χ0) is 19.1. The number of nitriles is 1. The van der Waals surface area contributed by atoms with Gasteiger partial charge in [0.05, 0.1) is 23.1 Å². The molecule has 1 unspecified atom stereocenters. The topological polar surface area (TPSA) is 79.7 Å². The Kier molecular flexibility index (Phi) is 4.58. The first-order valence-electron chi connectivity index (χ1n) is 8.67. The van der Waals surface area contributed by atoms with Gasteiger partial charge in [-0.1, -0.05) is 0 Å². The summed E-state index contributed by atoms with van der Waals surface area (Å²) in [7, 11) is 0. The Bertz CT molecular complexity index is 1050. The van der Waals surface area contributed by atoms with Gasteiger partial charge in [-0.3, -0.25) is 4.68 Å². The summed E-state index contributed by atoms with van der Waals surface area (Å²) in [4.78, 5) is 0. The van der Waals surface area contributed by atoms with Crippen LogP contribution in [0.3, 0.4) is 0 Å². The van der Waals surface area contributed by atoms with E-state index in [2.05, 4.69) is 32.2 Å². The first-order chi connectivity index (χ1) is 13.0. The molecule has 0 saturated heterocycles. The van der Waals surface area contributed by atoms with Gasteiger partial charge in [0, 0.05) is 16.2 Å². The normalized spacial score (nSPS) is 15.4. The first-order valence-corrected chi connectivity index (χ1v) is 9.46. The van der Waals surface area contributed by atoms with Crippen LogP contribution in [-0.4, -0.2) is 24.7 Å². The zero-order valence-electron chi connectivity index (χ0n) is 14.6. The Hall–Kier alpha value is -2.50. The number of rotatable bonds is 4. The van der Waals surface area contributed by atoms with Gasteiger partial charge >= 0.3 is 0 Å². The summed E-state index contributed by atoms with van der Waals surface area (Å²) >= 11 is 3.35. The van der Waals surface area contributed by atoms with E-state index in [1.165, 1.54) is 12.1 Å². The summed E-state index contributed by atoms with van der Waals surface area (Å²) in [6, 6.07) is 8.38. The molecule has 2 heterocycles. The third-order valence-corrected chi connectivity index (χ3v) is 5.52. The molecule has 2 aromatic heterocycles. The van der Waals surface area contributed by atoms with Gasteiger partial charge in [0.1, 0.15) is 18.0 Å². The van der Waals surface area contributed by atoms with E-state index in [-0.39, 0.29) is 17.6 Å². The maximum absolute atomic E-state index is 13.5. The Morgan fingerprint density at radius 1 is 1.33 bits per heavy atom. The molecule has 1 aliphatic rings. The lowest BCUT2D eigenvalue weighted by atomic mass is 9.93. The van der Waals surface area contributed by atoms with Crippen molar-refractivity contribution >= 4 is 15.9 Å². The molecular weight excluding hydrogens is 413 g/mol. The van der Waals surface area contributed by atoms with Crippen LogP contribution in [0.25, 0.3) is 5.69 Å². The van der Waals surface area contributed by atoms with Crippen LogP contribution in [0.1, 0.15) is 54.1 Å². The number of hydrogen-bond acceptors (Lipinski definition) is 4. The summed E-state index contributed by atoms with van der Waals surface area (Å²) in [5.41, 5.74) is 2.44. The Balaban J connectivity index is 1.78. The number of aromatic nitrogens is 4. The van der Waals surface area contributed by atoms with Crippen molar-refractivity contribution in [2.45, 2.75) is 38.3 Å². The Morgan fingerprint density at radius 2 is 2.11 bits per heavy atom. The van der Waals surface area contributed by atoms with E-state index in [4.69, 9.17) is 0 Å². The van der Waals surface area contributed by atoms with Crippen molar-refractivity contribution in [1.82, 2.24) is 19.6 Å². The highest BCUT2D eigenvalue weighted by Crippen LogP contribution is 2.34. The summed E-state index contributed by atoms with van der Waals surface area (Å²) in [5, 5.41) is 29.3. The fraction of sp³-hybridized carbons (Fsp3) is 0.316. The molecule has 0 aliphatic heterocycles. The SMILES string of the molecule is Cc1cc(C(O)c2cn(C3CCC3)nc2C#N)n(-c2ccc(F)cc2Br)n1. The van der Waals surface area contributed by atoms with Gasteiger partial charge in [0.15, 0.2) is 5.69 Å². The van der Waals surface area contributed by atoms with Crippen LogP contribution in [0.2, 0.25) is 0 Å². The van der Waals surface area contributed by atoms with Crippen LogP contribution < -0.4 is 0 Å². The van der Waals surface area contributed by atoms with Gasteiger partial charge in [-0.05, 0) is 66.4 Å². The third kappa shape index (κ3) is 3.17. The average molecular weight is 430 g/mol. The number of aryl methyl sites for hydroxylation is 1. The molecule has 1 aliphatic carbocycles. The van der Waals surface area contributed by atoms with Crippen LogP contribution in [-0.2, 0) is 0 Å². The van der Waals surface area contributed by atoms with Gasteiger partial charge in [-0.15, -0.1) is 0 Å². The molecule has 0 radical (unpaired) electrons. The van der Waals surface area contributed by atoms with Crippen LogP contribution in [0.15, 0.2) is 34.9 Å². The van der Waals surface area contributed by atoms with Gasteiger partial charge in [0.25, 0.3) is 0 Å². The second-order valence-corrected chi connectivity index (χ2v) is 7.58. The standard InChI is InChI=1S/C19H17BrFN5O/c1-11-7-18(26(23-11)17-6-5-12(21)8-15(17)20)19(27)14-10-25(13-3-2-4-13)24-16(14)9-22/h5-8,10,13,19,27H,2-4H2,1H3. The summed E-state index contributed by atoms with van der Waals surface area (Å²) < 4.78 is 17.3. The number of nitrogens with zero attached hydrogens (tertiary/aromatic N) is 5. The van der Waals surface area contributed by atoms with Crippen LogP contribution in [0.5, 0.6) is 0 Å². The second kappa shape index (κ2) is 6.91. The number of aliphatic hydroxyl groups excluding tert-OH is 1. The molecule has 8 heteroatoms. The molecule has 1 saturated carbocycles. The van der Waals surface area contributed by atoms with Crippen LogP contribution in [0.4, 0.5) is 4.39 Å². The van der Waals surface area contributed by atoms with Crippen molar-refractivity contribution in [3.8, 4) is 11.8 Å². The van der Waals surface area contributed by atoms with E-state index in [9.17, 15) is 14.8 Å². The lowest BCUT2D eigenvalue weighted by Gasteiger charge is -2.25. The molecular formula is C19H17BrFN5O. The minimum Gasteiger partial charge on any atom is -0.382 e. The number of halogens is 2. The second-order valence-electron chi connectivity index (χ2n) is 6.73. The molecule has 1 fully saturated rings. The quantitative estimate of drug-likeness (QED) is 0.680. The summed E-state index contributed by atoms with van der Waals surface area (Å²) in [6.07, 6.45) is 3.88. The van der Waals surface area contributed by atoms with Gasteiger partial charge < -0.3 is 5.11 Å². The van der Waals surface area contributed by atoms with Crippen molar-refractivity contribution in [3.63, 3.8) is 0 Å². The van der Waals surface area contributed by atoms with Crippen molar-refractivity contribution in [2.24, 2.45) is 0 Å². The third-order valence-electron chi connectivity index (χ3n) is 4.89. The average Bonchev–Trinajstić information content (AvgIpc) is 3.16. The fourth-order valence-corrected chi connectivity index (χ4v) is 3.77. The number of hydrogen-bond donors (Lipinski definition) is 1. The van der Waals surface area contributed by atoms with E-state index in [1.807, 2.05) is 6.92 Å². The highest BCUT2D eigenvalue weighted by atomic mass is 79.9. The largest absolute Gasteiger partial charge is 0.382 e. The van der Waals surface area contributed by atoms with Crippen molar-refractivity contribution in [3.05, 3.63) is 63.4 Å². The predicted molar refractivity (Wildman–Crippen MR) is 99.9 cm³/mol.